The molecule has 0 saturated carbocycles. The van der Waals surface area contributed by atoms with Crippen molar-refractivity contribution < 1.29 is 0 Å². The fourth-order valence-corrected chi connectivity index (χ4v) is 3.57. The minimum atomic E-state index is 1.14. The second-order valence-corrected chi connectivity index (χ2v) is 7.20. The summed E-state index contributed by atoms with van der Waals surface area (Å²) in [5.74, 6) is 1.24. The van der Waals surface area contributed by atoms with Crippen LogP contribution in [0.5, 0.6) is 0 Å². The van der Waals surface area contributed by atoms with E-state index in [-0.39, 0.29) is 0 Å². The van der Waals surface area contributed by atoms with Gasteiger partial charge in [0.25, 0.3) is 0 Å². The first-order valence-electron chi connectivity index (χ1n) is 9.71. The minimum absolute atomic E-state index is 1.14. The average Bonchev–Trinajstić information content (AvgIpc) is 3.04. The van der Waals surface area contributed by atoms with Gasteiger partial charge in [0.1, 0.15) is 5.00 Å². The van der Waals surface area contributed by atoms with Gasteiger partial charge >= 0.3 is 0 Å². The lowest BCUT2D eigenvalue weighted by atomic mass is 10.2. The van der Waals surface area contributed by atoms with Crippen LogP contribution >= 0.6 is 11.3 Å². The molecular weight excluding hydrogens is 302 g/mol. The summed E-state index contributed by atoms with van der Waals surface area (Å²) in [6, 6.07) is 0. The molecule has 0 aliphatic rings. The maximum absolute atomic E-state index is 4.76. The van der Waals surface area contributed by atoms with Crippen LogP contribution in [-0.4, -0.2) is 31.2 Å². The number of aromatic nitrogens is 1. The van der Waals surface area contributed by atoms with Crippen LogP contribution in [0.25, 0.3) is 0 Å². The molecule has 0 aliphatic carbocycles. The Balaban J connectivity index is 2.88. The highest BCUT2D eigenvalue weighted by molar-refractivity contribution is 7.14. The molecule has 0 unspecified atom stereocenters. The van der Waals surface area contributed by atoms with Crippen LogP contribution in [-0.2, 0) is 0 Å². The molecule has 0 saturated heterocycles. The van der Waals surface area contributed by atoms with E-state index in [0.29, 0.717) is 0 Å². The van der Waals surface area contributed by atoms with Crippen molar-refractivity contribution in [3.8, 4) is 0 Å². The maximum atomic E-state index is 4.76. The minimum Gasteiger partial charge on any atom is -0.360 e. The van der Waals surface area contributed by atoms with Gasteiger partial charge in [0.05, 0.1) is 5.51 Å². The van der Waals surface area contributed by atoms with Gasteiger partial charge in [-0.15, -0.1) is 11.3 Å². The molecule has 3 nitrogen and oxygen atoms in total. The van der Waals surface area contributed by atoms with Gasteiger partial charge in [0.15, 0.2) is 5.82 Å². The summed E-state index contributed by atoms with van der Waals surface area (Å²) < 4.78 is 0. The van der Waals surface area contributed by atoms with Crippen LogP contribution in [0, 0.1) is 0 Å². The summed E-state index contributed by atoms with van der Waals surface area (Å²) in [4.78, 5) is 9.88. The Hall–Kier alpha value is -0.770. The summed E-state index contributed by atoms with van der Waals surface area (Å²) in [6.45, 7) is 13.7. The van der Waals surface area contributed by atoms with Crippen LogP contribution in [0.2, 0.25) is 0 Å². The third-order valence-corrected chi connectivity index (χ3v) is 5.12. The lowest BCUT2D eigenvalue weighted by molar-refractivity contribution is 0.660. The van der Waals surface area contributed by atoms with Gasteiger partial charge in [-0.2, -0.15) is 0 Å². The van der Waals surface area contributed by atoms with Gasteiger partial charge in [0.2, 0.25) is 0 Å². The highest BCUT2D eigenvalue weighted by Gasteiger charge is 2.18. The largest absolute Gasteiger partial charge is 0.360 e. The van der Waals surface area contributed by atoms with E-state index in [0.717, 1.165) is 13.1 Å². The molecule has 1 aromatic rings. The molecule has 0 aliphatic heterocycles. The molecule has 0 atom stereocenters. The van der Waals surface area contributed by atoms with E-state index < -0.39 is 0 Å². The molecule has 4 heteroatoms. The van der Waals surface area contributed by atoms with Crippen molar-refractivity contribution in [2.75, 3.05) is 36.0 Å². The first-order chi connectivity index (χ1) is 11.3. The maximum Gasteiger partial charge on any atom is 0.163 e. The average molecular weight is 340 g/mol. The van der Waals surface area contributed by atoms with Crippen molar-refractivity contribution in [2.45, 2.75) is 79.1 Å². The van der Waals surface area contributed by atoms with E-state index in [9.17, 15) is 0 Å². The van der Waals surface area contributed by atoms with E-state index in [4.69, 9.17) is 4.98 Å². The fraction of sp³-hybridized carbons (Fsp3) is 0.842. The summed E-state index contributed by atoms with van der Waals surface area (Å²) in [7, 11) is 0. The molecule has 0 fully saturated rings. The molecule has 0 bridgehead atoms. The number of nitrogens with zero attached hydrogens (tertiary/aromatic N) is 3. The van der Waals surface area contributed by atoms with Gasteiger partial charge in [-0.05, 0) is 25.7 Å². The zero-order chi connectivity index (χ0) is 16.9. The highest BCUT2D eigenvalue weighted by Crippen LogP contribution is 2.33. The molecule has 134 valence electrons. The summed E-state index contributed by atoms with van der Waals surface area (Å²) >= 11 is 1.83. The van der Waals surface area contributed by atoms with Crippen molar-refractivity contribution in [3.63, 3.8) is 0 Å². The van der Waals surface area contributed by atoms with Gasteiger partial charge in [-0.25, -0.2) is 4.98 Å². The van der Waals surface area contributed by atoms with E-state index >= 15 is 0 Å². The van der Waals surface area contributed by atoms with Crippen LogP contribution in [0.15, 0.2) is 5.51 Å². The van der Waals surface area contributed by atoms with Crippen LogP contribution in [0.3, 0.4) is 0 Å². The summed E-state index contributed by atoms with van der Waals surface area (Å²) in [5.41, 5.74) is 2.04. The number of hydrogen-bond acceptors (Lipinski definition) is 4. The number of anilines is 2. The van der Waals surface area contributed by atoms with Crippen LogP contribution in [0.4, 0.5) is 10.8 Å². The Kier molecular flexibility index (Phi) is 11.1. The van der Waals surface area contributed by atoms with Crippen molar-refractivity contribution in [1.29, 1.82) is 0 Å². The molecule has 0 N–H and O–H groups in total. The highest BCUT2D eigenvalue weighted by atomic mass is 32.1. The van der Waals surface area contributed by atoms with Crippen LogP contribution in [0.1, 0.15) is 79.1 Å². The number of rotatable bonds is 14. The Labute approximate surface area is 148 Å². The quantitative estimate of drug-likeness (QED) is 0.417. The van der Waals surface area contributed by atoms with Gasteiger partial charge < -0.3 is 9.80 Å². The molecule has 0 aromatic carbocycles. The molecule has 1 aromatic heterocycles. The standard InChI is InChI=1S/C19H37N3S/c1-5-9-13-21(14-10-6-2)18-19(23-17-20-18)22(15-11-7-3)16-12-8-4/h17H,5-16H2,1-4H3. The summed E-state index contributed by atoms with van der Waals surface area (Å²) in [5, 5.41) is 1.40. The number of hydrogen-bond donors (Lipinski definition) is 0. The molecule has 0 amide bonds. The van der Waals surface area contributed by atoms with E-state index in [1.807, 2.05) is 16.8 Å². The topological polar surface area (TPSA) is 19.4 Å². The number of thiazole rings is 1. The Morgan fingerprint density at radius 1 is 0.739 bits per heavy atom. The second-order valence-electron chi connectivity index (χ2n) is 6.37. The van der Waals surface area contributed by atoms with Crippen molar-refractivity contribution in [1.82, 2.24) is 4.98 Å². The first-order valence-corrected chi connectivity index (χ1v) is 10.6. The molecule has 0 radical (unpaired) electrons. The Bertz CT molecular complexity index is 341. The second kappa shape index (κ2) is 12.6. The predicted molar refractivity (Wildman–Crippen MR) is 106 cm³/mol. The zero-order valence-electron chi connectivity index (χ0n) is 15.8. The Morgan fingerprint density at radius 2 is 1.17 bits per heavy atom. The molecule has 0 spiro atoms. The first kappa shape index (κ1) is 20.3. The Morgan fingerprint density at radius 3 is 1.61 bits per heavy atom. The van der Waals surface area contributed by atoms with Crippen molar-refractivity contribution in [2.24, 2.45) is 0 Å². The van der Waals surface area contributed by atoms with Crippen LogP contribution < -0.4 is 9.80 Å². The third-order valence-electron chi connectivity index (χ3n) is 4.24. The van der Waals surface area contributed by atoms with E-state index in [2.05, 4.69) is 37.5 Å². The van der Waals surface area contributed by atoms with Gasteiger partial charge in [0, 0.05) is 26.2 Å². The molecule has 23 heavy (non-hydrogen) atoms. The van der Waals surface area contributed by atoms with E-state index in [1.165, 1.54) is 75.3 Å². The molecule has 1 rings (SSSR count). The molecule has 1 heterocycles. The van der Waals surface area contributed by atoms with Crippen molar-refractivity contribution >= 4 is 22.2 Å². The smallest absolute Gasteiger partial charge is 0.163 e. The summed E-state index contributed by atoms with van der Waals surface area (Å²) in [6.07, 6.45) is 10.1. The monoisotopic (exact) mass is 339 g/mol. The van der Waals surface area contributed by atoms with Gasteiger partial charge in [-0.1, -0.05) is 53.4 Å². The SMILES string of the molecule is CCCCN(CCCC)c1ncsc1N(CCCC)CCCC. The van der Waals surface area contributed by atoms with Crippen molar-refractivity contribution in [3.05, 3.63) is 5.51 Å². The lowest BCUT2D eigenvalue weighted by Gasteiger charge is -2.29. The predicted octanol–water partition coefficient (Wildman–Crippen LogP) is 5.96. The third kappa shape index (κ3) is 7.11. The fourth-order valence-electron chi connectivity index (χ4n) is 2.70. The number of unbranched alkanes of at least 4 members (excludes halogenated alkanes) is 4. The van der Waals surface area contributed by atoms with Gasteiger partial charge in [-0.3, -0.25) is 0 Å². The lowest BCUT2D eigenvalue weighted by Crippen LogP contribution is -2.30. The van der Waals surface area contributed by atoms with E-state index in [1.54, 1.807) is 0 Å². The normalized spacial score (nSPS) is 11.0. The zero-order valence-corrected chi connectivity index (χ0v) is 16.6. The molecular formula is C19H37N3S.